The van der Waals surface area contributed by atoms with Crippen LogP contribution in [0.1, 0.15) is 30.2 Å². The van der Waals surface area contributed by atoms with Crippen LogP contribution in [-0.2, 0) is 4.79 Å². The fourth-order valence-electron chi connectivity index (χ4n) is 1.21. The molecule has 76 valence electrons. The van der Waals surface area contributed by atoms with Crippen LogP contribution in [0.15, 0.2) is 24.3 Å². The van der Waals surface area contributed by atoms with Gasteiger partial charge in [0.1, 0.15) is 11.6 Å². The van der Waals surface area contributed by atoms with Gasteiger partial charge in [0.2, 0.25) is 0 Å². The molecule has 1 unspecified atom stereocenters. The molecule has 0 amide bonds. The van der Waals surface area contributed by atoms with Crippen LogP contribution in [0.4, 0.5) is 4.39 Å². The van der Waals surface area contributed by atoms with Crippen LogP contribution >= 0.6 is 15.9 Å². The van der Waals surface area contributed by atoms with E-state index in [2.05, 4.69) is 15.9 Å². The highest BCUT2D eigenvalue weighted by atomic mass is 79.9. The molecule has 0 heterocycles. The van der Waals surface area contributed by atoms with Crippen LogP contribution in [0.5, 0.6) is 0 Å². The Morgan fingerprint density at radius 1 is 1.50 bits per heavy atom. The topological polar surface area (TPSA) is 17.1 Å². The Morgan fingerprint density at radius 2 is 2.14 bits per heavy atom. The summed E-state index contributed by atoms with van der Waals surface area (Å²) < 4.78 is 13.2. The molecule has 1 nitrogen and oxygen atoms in total. The number of hydrogen-bond donors (Lipinski definition) is 0. The first-order valence-corrected chi connectivity index (χ1v) is 5.40. The quantitative estimate of drug-likeness (QED) is 0.754. The number of rotatable bonds is 4. The molecule has 1 atom stereocenters. The molecule has 0 aliphatic rings. The molecule has 0 bridgehead atoms. The monoisotopic (exact) mass is 258 g/mol. The number of alkyl halides is 1. The van der Waals surface area contributed by atoms with Crippen LogP contribution < -0.4 is 0 Å². The number of halogens is 2. The van der Waals surface area contributed by atoms with Crippen molar-refractivity contribution in [2.75, 3.05) is 0 Å². The predicted molar refractivity (Wildman–Crippen MR) is 58.0 cm³/mol. The zero-order chi connectivity index (χ0) is 10.6. The summed E-state index contributed by atoms with van der Waals surface area (Å²) in [6, 6.07) is 6.61. The molecule has 0 aromatic heterocycles. The summed E-state index contributed by atoms with van der Waals surface area (Å²) in [6.45, 7) is 1.54. The maximum Gasteiger partial charge on any atom is 0.129 e. The van der Waals surface area contributed by atoms with Crippen molar-refractivity contribution in [2.24, 2.45) is 0 Å². The lowest BCUT2D eigenvalue weighted by molar-refractivity contribution is -0.117. The summed E-state index contributed by atoms with van der Waals surface area (Å²) in [4.78, 5) is 10.7. The summed E-state index contributed by atoms with van der Waals surface area (Å²) in [6.07, 6.45) is 1.11. The Hall–Kier alpha value is -0.700. The maximum absolute atomic E-state index is 13.2. The van der Waals surface area contributed by atoms with Gasteiger partial charge in [0.15, 0.2) is 0 Å². The van der Waals surface area contributed by atoms with Crippen molar-refractivity contribution in [1.82, 2.24) is 0 Å². The molecule has 0 saturated heterocycles. The van der Waals surface area contributed by atoms with Gasteiger partial charge >= 0.3 is 0 Å². The molecule has 14 heavy (non-hydrogen) atoms. The lowest BCUT2D eigenvalue weighted by Crippen LogP contribution is -1.97. The van der Waals surface area contributed by atoms with Gasteiger partial charge in [-0.2, -0.15) is 0 Å². The van der Waals surface area contributed by atoms with Gasteiger partial charge in [-0.3, -0.25) is 0 Å². The molecule has 0 radical (unpaired) electrons. The Balaban J connectivity index is 2.65. The molecular formula is C11H12BrFO. The minimum atomic E-state index is -0.224. The standard InChI is InChI=1S/C11H12BrFO/c1-8(14)6-7-10(12)9-4-2-3-5-11(9)13/h2-5,10H,6-7H2,1H3. The highest BCUT2D eigenvalue weighted by Crippen LogP contribution is 2.29. The number of ketones is 1. The van der Waals surface area contributed by atoms with Crippen molar-refractivity contribution in [3.63, 3.8) is 0 Å². The molecule has 0 aliphatic carbocycles. The first kappa shape index (κ1) is 11.4. The number of hydrogen-bond acceptors (Lipinski definition) is 1. The van der Waals surface area contributed by atoms with Crippen LogP contribution in [-0.4, -0.2) is 5.78 Å². The lowest BCUT2D eigenvalue weighted by Gasteiger charge is -2.09. The van der Waals surface area contributed by atoms with E-state index in [1.807, 2.05) is 0 Å². The van der Waals surface area contributed by atoms with E-state index in [4.69, 9.17) is 0 Å². The fourth-order valence-corrected chi connectivity index (χ4v) is 1.81. The van der Waals surface area contributed by atoms with Crippen molar-refractivity contribution in [3.05, 3.63) is 35.6 Å². The van der Waals surface area contributed by atoms with Crippen molar-refractivity contribution >= 4 is 21.7 Å². The Morgan fingerprint density at radius 3 is 2.71 bits per heavy atom. The average Bonchev–Trinajstić information content (AvgIpc) is 2.15. The number of carbonyl (C=O) groups is 1. The van der Waals surface area contributed by atoms with Gasteiger partial charge in [0.25, 0.3) is 0 Å². The van der Waals surface area contributed by atoms with E-state index in [0.29, 0.717) is 18.4 Å². The first-order valence-electron chi connectivity index (χ1n) is 4.49. The maximum atomic E-state index is 13.2. The summed E-state index contributed by atoms with van der Waals surface area (Å²) in [7, 11) is 0. The molecule has 0 fully saturated rings. The van der Waals surface area contributed by atoms with Crippen LogP contribution in [0.2, 0.25) is 0 Å². The third-order valence-corrected chi connectivity index (χ3v) is 2.94. The lowest BCUT2D eigenvalue weighted by atomic mass is 10.1. The highest BCUT2D eigenvalue weighted by Gasteiger charge is 2.12. The van der Waals surface area contributed by atoms with Crippen molar-refractivity contribution in [1.29, 1.82) is 0 Å². The van der Waals surface area contributed by atoms with Crippen LogP contribution in [0, 0.1) is 5.82 Å². The Bertz CT molecular complexity index is 325. The van der Waals surface area contributed by atoms with Crippen molar-refractivity contribution < 1.29 is 9.18 Å². The number of benzene rings is 1. The van der Waals surface area contributed by atoms with E-state index >= 15 is 0 Å². The molecule has 1 aromatic rings. The third-order valence-electron chi connectivity index (χ3n) is 1.99. The molecular weight excluding hydrogens is 247 g/mol. The highest BCUT2D eigenvalue weighted by molar-refractivity contribution is 9.09. The molecule has 1 rings (SSSR count). The first-order chi connectivity index (χ1) is 6.61. The van der Waals surface area contributed by atoms with E-state index < -0.39 is 0 Å². The fraction of sp³-hybridized carbons (Fsp3) is 0.364. The van der Waals surface area contributed by atoms with Gasteiger partial charge in [-0.25, -0.2) is 4.39 Å². The zero-order valence-electron chi connectivity index (χ0n) is 7.97. The van der Waals surface area contributed by atoms with Crippen molar-refractivity contribution in [3.8, 4) is 0 Å². The molecule has 0 saturated carbocycles. The van der Waals surface area contributed by atoms with Crippen LogP contribution in [0.25, 0.3) is 0 Å². The normalized spacial score (nSPS) is 12.5. The Labute approximate surface area is 91.5 Å². The minimum absolute atomic E-state index is 0.0763. The smallest absolute Gasteiger partial charge is 0.129 e. The van der Waals surface area contributed by atoms with Gasteiger partial charge in [-0.05, 0) is 19.4 Å². The van der Waals surface area contributed by atoms with E-state index in [-0.39, 0.29) is 16.4 Å². The second-order valence-electron chi connectivity index (χ2n) is 3.23. The molecule has 1 aromatic carbocycles. The average molecular weight is 259 g/mol. The second-order valence-corrected chi connectivity index (χ2v) is 4.34. The van der Waals surface area contributed by atoms with Crippen molar-refractivity contribution in [2.45, 2.75) is 24.6 Å². The summed E-state index contributed by atoms with van der Waals surface area (Å²) >= 11 is 3.37. The number of Topliss-reactive ketones (excluding diaryl/α,β-unsaturated/α-hetero) is 1. The molecule has 0 N–H and O–H groups in total. The molecule has 0 aliphatic heterocycles. The van der Waals surface area contributed by atoms with Gasteiger partial charge in [0, 0.05) is 16.8 Å². The SMILES string of the molecule is CC(=O)CCC(Br)c1ccccc1F. The number of carbonyl (C=O) groups excluding carboxylic acids is 1. The molecule has 3 heteroatoms. The van der Waals surface area contributed by atoms with E-state index in [1.54, 1.807) is 25.1 Å². The summed E-state index contributed by atoms with van der Waals surface area (Å²) in [5.74, 6) is -0.0938. The predicted octanol–water partition coefficient (Wildman–Crippen LogP) is 3.63. The van der Waals surface area contributed by atoms with Gasteiger partial charge in [-0.15, -0.1) is 0 Å². The van der Waals surface area contributed by atoms with Gasteiger partial charge in [-0.1, -0.05) is 34.1 Å². The second kappa shape index (κ2) is 5.25. The minimum Gasteiger partial charge on any atom is -0.300 e. The van der Waals surface area contributed by atoms with E-state index in [0.717, 1.165) is 0 Å². The van der Waals surface area contributed by atoms with Gasteiger partial charge < -0.3 is 4.79 Å². The van der Waals surface area contributed by atoms with Gasteiger partial charge in [0.05, 0.1) is 0 Å². The molecule has 0 spiro atoms. The Kier molecular flexibility index (Phi) is 4.26. The largest absolute Gasteiger partial charge is 0.300 e. The summed E-state index contributed by atoms with van der Waals surface area (Å²) in [5, 5.41) is 0. The summed E-state index contributed by atoms with van der Waals surface area (Å²) in [5.41, 5.74) is 0.619. The zero-order valence-corrected chi connectivity index (χ0v) is 9.55. The van der Waals surface area contributed by atoms with E-state index in [9.17, 15) is 9.18 Å². The third kappa shape index (κ3) is 3.22. The van der Waals surface area contributed by atoms with E-state index in [1.165, 1.54) is 6.07 Å². The van der Waals surface area contributed by atoms with Crippen LogP contribution in [0.3, 0.4) is 0 Å².